The molecule has 4 nitrogen and oxygen atoms in total. The molecule has 1 aliphatic heterocycles. The van der Waals surface area contributed by atoms with E-state index in [0.29, 0.717) is 6.07 Å². The van der Waals surface area contributed by atoms with E-state index < -0.39 is 53.1 Å². The van der Waals surface area contributed by atoms with Gasteiger partial charge < -0.3 is 14.6 Å². The summed E-state index contributed by atoms with van der Waals surface area (Å²) in [5, 5.41) is 9.80. The van der Waals surface area contributed by atoms with Crippen molar-refractivity contribution in [3.8, 4) is 5.75 Å². The van der Waals surface area contributed by atoms with Gasteiger partial charge in [0, 0.05) is 17.4 Å². The number of phenolic OH excluding ortho intramolecular Hbond substituents is 1. The molecule has 4 atom stereocenters. The molecule has 24 heavy (non-hydrogen) atoms. The first-order chi connectivity index (χ1) is 11.0. The van der Waals surface area contributed by atoms with Crippen molar-refractivity contribution in [2.45, 2.75) is 37.6 Å². The summed E-state index contributed by atoms with van der Waals surface area (Å²) < 4.78 is 76.4. The number of phenols is 1. The Morgan fingerprint density at radius 2 is 1.92 bits per heavy atom. The molecule has 1 aromatic carbocycles. The average Bonchev–Trinajstić information content (AvgIpc) is 2.78. The van der Waals surface area contributed by atoms with Gasteiger partial charge in [-0.05, 0) is 13.0 Å². The summed E-state index contributed by atoms with van der Waals surface area (Å²) in [6.07, 6.45) is -6.56. The van der Waals surface area contributed by atoms with Crippen LogP contribution in [0.15, 0.2) is 12.1 Å². The van der Waals surface area contributed by atoms with E-state index in [1.165, 1.54) is 0 Å². The third kappa shape index (κ3) is 2.60. The van der Waals surface area contributed by atoms with Crippen LogP contribution < -0.4 is 0 Å². The SMILES string of the molecule is COC(=O)[C@H]1O[C@@](C)(C(F)(F)F)[C@@H](C)[C@H]1c1ccc(F)c(F)c1O. The van der Waals surface area contributed by atoms with Gasteiger partial charge in [-0.15, -0.1) is 0 Å². The third-order valence-corrected chi connectivity index (χ3v) is 4.56. The van der Waals surface area contributed by atoms with Crippen molar-refractivity contribution in [1.29, 1.82) is 0 Å². The Balaban J connectivity index is 2.61. The number of benzene rings is 1. The van der Waals surface area contributed by atoms with E-state index >= 15 is 0 Å². The Labute approximate surface area is 134 Å². The summed E-state index contributed by atoms with van der Waals surface area (Å²) in [4.78, 5) is 11.9. The molecule has 1 saturated heterocycles. The van der Waals surface area contributed by atoms with E-state index in [9.17, 15) is 31.9 Å². The van der Waals surface area contributed by atoms with Crippen molar-refractivity contribution < 1.29 is 41.3 Å². The molecule has 1 aromatic rings. The van der Waals surface area contributed by atoms with Crippen LogP contribution in [0.25, 0.3) is 0 Å². The number of aromatic hydroxyl groups is 1. The molecule has 0 radical (unpaired) electrons. The number of methoxy groups -OCH3 is 1. The molecule has 0 unspecified atom stereocenters. The van der Waals surface area contributed by atoms with Crippen LogP contribution in [0, 0.1) is 17.6 Å². The van der Waals surface area contributed by atoms with Crippen molar-refractivity contribution >= 4 is 5.97 Å². The largest absolute Gasteiger partial charge is 0.505 e. The number of carbonyl (C=O) groups is 1. The van der Waals surface area contributed by atoms with E-state index in [1.807, 2.05) is 0 Å². The lowest BCUT2D eigenvalue weighted by atomic mass is 9.77. The quantitative estimate of drug-likeness (QED) is 0.654. The second-order valence-electron chi connectivity index (χ2n) is 5.78. The van der Waals surface area contributed by atoms with Gasteiger partial charge in [0.25, 0.3) is 0 Å². The Kier molecular flexibility index (Phi) is 4.51. The number of rotatable bonds is 2. The second-order valence-corrected chi connectivity index (χ2v) is 5.78. The fourth-order valence-electron chi connectivity index (χ4n) is 2.94. The van der Waals surface area contributed by atoms with Crippen molar-refractivity contribution in [3.05, 3.63) is 29.3 Å². The molecular weight excluding hydrogens is 339 g/mol. The Morgan fingerprint density at radius 1 is 1.33 bits per heavy atom. The third-order valence-electron chi connectivity index (χ3n) is 4.56. The lowest BCUT2D eigenvalue weighted by Crippen LogP contribution is -2.47. The first kappa shape index (κ1) is 18.4. The molecule has 0 amide bonds. The normalized spacial score (nSPS) is 30.4. The smallest absolute Gasteiger partial charge is 0.417 e. The van der Waals surface area contributed by atoms with Crippen LogP contribution in [0.3, 0.4) is 0 Å². The number of carbonyl (C=O) groups excluding carboxylic acids is 1. The highest BCUT2D eigenvalue weighted by Gasteiger charge is 2.66. The number of hydrogen-bond acceptors (Lipinski definition) is 4. The fraction of sp³-hybridized carbons (Fsp3) is 0.533. The first-order valence-electron chi connectivity index (χ1n) is 6.95. The van der Waals surface area contributed by atoms with Crippen molar-refractivity contribution in [2.75, 3.05) is 7.11 Å². The van der Waals surface area contributed by atoms with Gasteiger partial charge in [0.2, 0.25) is 5.82 Å². The summed E-state index contributed by atoms with van der Waals surface area (Å²) in [6, 6.07) is 1.59. The maximum absolute atomic E-state index is 13.6. The molecule has 0 bridgehead atoms. The Hall–Kier alpha value is -1.90. The zero-order valence-corrected chi connectivity index (χ0v) is 12.9. The molecular formula is C15H15F5O4. The minimum absolute atomic E-state index is 0.357. The summed E-state index contributed by atoms with van der Waals surface area (Å²) >= 11 is 0. The van der Waals surface area contributed by atoms with Crippen molar-refractivity contribution in [1.82, 2.24) is 0 Å². The Bertz CT molecular complexity index is 660. The van der Waals surface area contributed by atoms with E-state index in [1.54, 1.807) is 0 Å². The van der Waals surface area contributed by atoms with Crippen molar-refractivity contribution in [3.63, 3.8) is 0 Å². The molecule has 0 saturated carbocycles. The number of halogens is 5. The minimum atomic E-state index is -4.83. The fourth-order valence-corrected chi connectivity index (χ4v) is 2.94. The van der Waals surface area contributed by atoms with Crippen LogP contribution in [0.5, 0.6) is 5.75 Å². The summed E-state index contributed by atoms with van der Waals surface area (Å²) in [5.74, 6) is -7.99. The lowest BCUT2D eigenvalue weighted by molar-refractivity contribution is -0.274. The zero-order chi connectivity index (χ0) is 18.4. The highest BCUT2D eigenvalue weighted by atomic mass is 19.4. The second kappa shape index (κ2) is 5.87. The van der Waals surface area contributed by atoms with Crippen LogP contribution in [0.4, 0.5) is 22.0 Å². The number of ether oxygens (including phenoxy) is 2. The highest BCUT2D eigenvalue weighted by molar-refractivity contribution is 5.77. The van der Waals surface area contributed by atoms with Crippen LogP contribution in [-0.2, 0) is 14.3 Å². The van der Waals surface area contributed by atoms with Crippen LogP contribution >= 0.6 is 0 Å². The van der Waals surface area contributed by atoms with Crippen LogP contribution in [0.1, 0.15) is 25.3 Å². The number of esters is 1. The van der Waals surface area contributed by atoms with Gasteiger partial charge in [-0.2, -0.15) is 17.6 Å². The molecule has 1 N–H and O–H groups in total. The predicted octanol–water partition coefficient (Wildman–Crippen LogP) is 3.28. The van der Waals surface area contributed by atoms with E-state index in [-0.39, 0.29) is 5.56 Å². The van der Waals surface area contributed by atoms with E-state index in [4.69, 9.17) is 4.74 Å². The molecule has 0 spiro atoms. The predicted molar refractivity (Wildman–Crippen MR) is 71.3 cm³/mol. The molecule has 0 aliphatic carbocycles. The molecule has 2 rings (SSSR count). The van der Waals surface area contributed by atoms with Gasteiger partial charge in [0.1, 0.15) is 0 Å². The minimum Gasteiger partial charge on any atom is -0.505 e. The van der Waals surface area contributed by atoms with Crippen LogP contribution in [0.2, 0.25) is 0 Å². The maximum Gasteiger partial charge on any atom is 0.417 e. The van der Waals surface area contributed by atoms with E-state index in [2.05, 4.69) is 4.74 Å². The molecule has 134 valence electrons. The maximum atomic E-state index is 13.6. The standard InChI is InChI=1S/C15H15F5O4/c1-6-9(7-4-5-8(16)10(17)11(7)21)12(13(22)23-3)24-14(6,2)15(18,19)20/h4-6,9,12,21H,1-3H3/t6-,9-,12-,14+/m0/s1. The van der Waals surface area contributed by atoms with Crippen molar-refractivity contribution in [2.24, 2.45) is 5.92 Å². The monoisotopic (exact) mass is 354 g/mol. The molecule has 1 heterocycles. The van der Waals surface area contributed by atoms with Crippen LogP contribution in [-0.4, -0.2) is 36.1 Å². The topological polar surface area (TPSA) is 55.8 Å². The van der Waals surface area contributed by atoms with E-state index in [0.717, 1.165) is 27.0 Å². The molecule has 0 aromatic heterocycles. The average molecular weight is 354 g/mol. The van der Waals surface area contributed by atoms with Gasteiger partial charge in [0.05, 0.1) is 7.11 Å². The van der Waals surface area contributed by atoms with Gasteiger partial charge in [0.15, 0.2) is 23.3 Å². The number of alkyl halides is 3. The van der Waals surface area contributed by atoms with Gasteiger partial charge in [-0.1, -0.05) is 13.0 Å². The number of hydrogen-bond donors (Lipinski definition) is 1. The zero-order valence-electron chi connectivity index (χ0n) is 12.9. The molecule has 1 fully saturated rings. The molecule has 1 aliphatic rings. The molecule has 9 heteroatoms. The van der Waals surface area contributed by atoms with Gasteiger partial charge in [-0.3, -0.25) is 0 Å². The highest BCUT2D eigenvalue weighted by Crippen LogP contribution is 2.54. The van der Waals surface area contributed by atoms with Gasteiger partial charge >= 0.3 is 12.1 Å². The van der Waals surface area contributed by atoms with Gasteiger partial charge in [-0.25, -0.2) is 9.18 Å². The first-order valence-corrected chi connectivity index (χ1v) is 6.95. The summed E-state index contributed by atoms with van der Waals surface area (Å²) in [6.45, 7) is 1.91. The lowest BCUT2D eigenvalue weighted by Gasteiger charge is -2.31. The summed E-state index contributed by atoms with van der Waals surface area (Å²) in [7, 11) is 0.960. The Morgan fingerprint density at radius 3 is 2.42 bits per heavy atom. The summed E-state index contributed by atoms with van der Waals surface area (Å²) in [5.41, 5.74) is -3.09.